The molecule has 1 aliphatic rings. The molecule has 0 radical (unpaired) electrons. The minimum atomic E-state index is -1.19. The fourth-order valence-electron chi connectivity index (χ4n) is 8.75. The molecule has 6 amide bonds. The van der Waals surface area contributed by atoms with E-state index in [1.165, 1.54) is 17.5 Å². The Morgan fingerprint density at radius 3 is 1.88 bits per heavy atom. The minimum absolute atomic E-state index is 0.0448. The van der Waals surface area contributed by atoms with Crippen LogP contribution in [0.1, 0.15) is 80.2 Å². The number of benzene rings is 3. The van der Waals surface area contributed by atoms with Gasteiger partial charge in [-0.2, -0.15) is 0 Å². The van der Waals surface area contributed by atoms with Crippen LogP contribution in [0.25, 0.3) is 0 Å². The SMILES string of the molecule is Cc1cc(O)cc(C)c1C[C@H](N)C(=O)N[C@H](CCCN=C(N)N)C(=O)N[C@@H](Cc1ccccc1)C(=O)N(C)CC(=O)N[C@@H](CCCN1CCC(Cc2ccccc2)CC1)C(=O)N[C@H](C(N)=O)C(C)C. The van der Waals surface area contributed by atoms with Crippen LogP contribution in [0.3, 0.4) is 0 Å². The number of guanidine groups is 1. The number of nitrogens with two attached hydrogens (primary N) is 4. The summed E-state index contributed by atoms with van der Waals surface area (Å²) in [6.07, 6.45) is 4.55. The Morgan fingerprint density at radius 1 is 0.754 bits per heavy atom. The Hall–Kier alpha value is -6.53. The normalized spacial score (nSPS) is 15.2. The van der Waals surface area contributed by atoms with Crippen LogP contribution >= 0.6 is 0 Å². The zero-order valence-electron chi connectivity index (χ0n) is 40.9. The Morgan fingerprint density at radius 2 is 1.30 bits per heavy atom. The number of aliphatic imine (C=N–C) groups is 1. The third kappa shape index (κ3) is 18.5. The Bertz CT molecular complexity index is 2170. The van der Waals surface area contributed by atoms with Gasteiger partial charge < -0.3 is 59.1 Å². The summed E-state index contributed by atoms with van der Waals surface area (Å²) < 4.78 is 0. The van der Waals surface area contributed by atoms with Gasteiger partial charge in [0.15, 0.2) is 5.96 Å². The van der Waals surface area contributed by atoms with Gasteiger partial charge in [0.05, 0.1) is 12.6 Å². The number of carbonyl (C=O) groups is 6. The number of likely N-dealkylation sites (N-methyl/N-ethyl adjacent to an activating group) is 1. The van der Waals surface area contributed by atoms with Gasteiger partial charge in [0.1, 0.15) is 29.9 Å². The maximum Gasteiger partial charge on any atom is 0.245 e. The van der Waals surface area contributed by atoms with Crippen LogP contribution in [-0.2, 0) is 48.0 Å². The molecule has 5 atom stereocenters. The minimum Gasteiger partial charge on any atom is -0.508 e. The van der Waals surface area contributed by atoms with E-state index in [1.54, 1.807) is 64.1 Å². The summed E-state index contributed by atoms with van der Waals surface area (Å²) in [5.41, 5.74) is 27.4. The predicted octanol–water partition coefficient (Wildman–Crippen LogP) is 1.45. The summed E-state index contributed by atoms with van der Waals surface area (Å²) in [4.78, 5) is 89.4. The molecule has 0 unspecified atom stereocenters. The number of nitrogens with one attached hydrogen (secondary N) is 4. The largest absolute Gasteiger partial charge is 0.508 e. The first-order valence-electron chi connectivity index (χ1n) is 24.0. The molecule has 69 heavy (non-hydrogen) atoms. The van der Waals surface area contributed by atoms with Crippen molar-refractivity contribution in [1.82, 2.24) is 31.1 Å². The summed E-state index contributed by atoms with van der Waals surface area (Å²) in [5, 5.41) is 21.1. The number of hydrogen-bond donors (Lipinski definition) is 9. The molecule has 1 saturated heterocycles. The number of aromatic hydroxyl groups is 1. The molecule has 3 aromatic rings. The monoisotopic (exact) mass is 954 g/mol. The molecule has 1 heterocycles. The van der Waals surface area contributed by atoms with Crippen molar-refractivity contribution in [3.8, 4) is 5.75 Å². The number of hydrogen-bond acceptors (Lipinski definition) is 10. The molecule has 1 fully saturated rings. The maximum atomic E-state index is 14.3. The number of piperidine rings is 1. The highest BCUT2D eigenvalue weighted by Crippen LogP contribution is 2.23. The van der Waals surface area contributed by atoms with Gasteiger partial charge in [-0.15, -0.1) is 0 Å². The van der Waals surface area contributed by atoms with Gasteiger partial charge in [-0.25, -0.2) is 0 Å². The van der Waals surface area contributed by atoms with E-state index in [2.05, 4.69) is 55.4 Å². The molecule has 0 aromatic heterocycles. The van der Waals surface area contributed by atoms with E-state index in [-0.39, 0.29) is 49.9 Å². The molecular formula is C51H75N11O7. The van der Waals surface area contributed by atoms with E-state index in [9.17, 15) is 33.9 Å². The zero-order valence-corrected chi connectivity index (χ0v) is 40.9. The summed E-state index contributed by atoms with van der Waals surface area (Å²) in [5.74, 6) is -3.53. The number of rotatable bonds is 26. The van der Waals surface area contributed by atoms with Crippen LogP contribution in [0, 0.1) is 25.7 Å². The van der Waals surface area contributed by atoms with E-state index in [4.69, 9.17) is 22.9 Å². The van der Waals surface area contributed by atoms with Gasteiger partial charge in [-0.1, -0.05) is 74.5 Å². The first kappa shape index (κ1) is 55.1. The first-order chi connectivity index (χ1) is 32.8. The maximum absolute atomic E-state index is 14.3. The molecule has 13 N–H and O–H groups in total. The Kier molecular flexibility index (Phi) is 21.9. The molecule has 18 heteroatoms. The van der Waals surface area contributed by atoms with Gasteiger partial charge >= 0.3 is 0 Å². The lowest BCUT2D eigenvalue weighted by molar-refractivity contribution is -0.139. The van der Waals surface area contributed by atoms with E-state index < -0.39 is 72.2 Å². The van der Waals surface area contributed by atoms with E-state index in [0.717, 1.165) is 54.6 Å². The quantitative estimate of drug-likeness (QED) is 0.0315. The number of amides is 6. The number of primary amides is 1. The number of phenols is 1. The number of carbonyl (C=O) groups excluding carboxylic acids is 6. The molecule has 376 valence electrons. The van der Waals surface area contributed by atoms with Gasteiger partial charge in [-0.3, -0.25) is 33.8 Å². The first-order valence-corrected chi connectivity index (χ1v) is 24.0. The standard InChI is InChI=1S/C51H75N11O7/c1-32(2)45(46(53)65)60-49(68)41(19-13-23-62-24-20-37(21-25-62)28-35-14-8-6-9-15-35)57-44(64)31-61(5)50(69)43(29-36-16-10-7-11-17-36)59-48(67)42(18-12-22-56-51(54)55)58-47(66)40(52)30-39-33(3)26-38(63)27-34(39)4/h6-11,14-17,26-27,32,37,40-43,45,63H,12-13,18-25,28-31,52H2,1-5H3,(H2,53,65)(H,57,64)(H,58,66)(H,59,67)(H,60,68)(H4,54,55,56)/t40-,41-,42+,43-,45-/m0/s1. The summed E-state index contributed by atoms with van der Waals surface area (Å²) >= 11 is 0. The highest BCUT2D eigenvalue weighted by molar-refractivity contribution is 5.95. The molecular weight excluding hydrogens is 879 g/mol. The van der Waals surface area contributed by atoms with Crippen LogP contribution in [0.15, 0.2) is 77.8 Å². The summed E-state index contributed by atoms with van der Waals surface area (Å²) in [6.45, 7) is 9.38. The van der Waals surface area contributed by atoms with Crippen LogP contribution < -0.4 is 44.2 Å². The van der Waals surface area contributed by atoms with Crippen molar-refractivity contribution < 1.29 is 33.9 Å². The van der Waals surface area contributed by atoms with Crippen molar-refractivity contribution in [2.24, 2.45) is 39.8 Å². The predicted molar refractivity (Wildman–Crippen MR) is 267 cm³/mol. The molecule has 0 saturated carbocycles. The average Bonchev–Trinajstić information content (AvgIpc) is 3.30. The van der Waals surface area contributed by atoms with E-state index >= 15 is 0 Å². The van der Waals surface area contributed by atoms with Gasteiger partial charge in [-0.05, 0) is 137 Å². The lowest BCUT2D eigenvalue weighted by atomic mass is 9.90. The third-order valence-corrected chi connectivity index (χ3v) is 12.6. The van der Waals surface area contributed by atoms with Crippen LogP contribution in [0.4, 0.5) is 0 Å². The second-order valence-electron chi connectivity index (χ2n) is 18.7. The molecule has 0 bridgehead atoms. The lowest BCUT2D eigenvalue weighted by Gasteiger charge is -2.32. The van der Waals surface area contributed by atoms with E-state index in [1.807, 2.05) is 12.1 Å². The van der Waals surface area contributed by atoms with Gasteiger partial charge in [0.2, 0.25) is 35.4 Å². The lowest BCUT2D eigenvalue weighted by Crippen LogP contribution is -2.58. The van der Waals surface area contributed by atoms with Crippen molar-refractivity contribution in [2.45, 2.75) is 116 Å². The summed E-state index contributed by atoms with van der Waals surface area (Å²) in [6, 6.07) is 17.2. The van der Waals surface area contributed by atoms with Crippen molar-refractivity contribution in [3.05, 3.63) is 101 Å². The highest BCUT2D eigenvalue weighted by Gasteiger charge is 2.32. The Balaban J connectivity index is 1.46. The molecule has 1 aliphatic heterocycles. The number of phenolic OH excluding ortho intramolecular Hbond substituents is 1. The van der Waals surface area contributed by atoms with Gasteiger partial charge in [0.25, 0.3) is 0 Å². The average molecular weight is 954 g/mol. The zero-order chi connectivity index (χ0) is 50.6. The van der Waals surface area contributed by atoms with Crippen molar-refractivity contribution in [1.29, 1.82) is 0 Å². The van der Waals surface area contributed by atoms with Crippen molar-refractivity contribution >= 4 is 41.4 Å². The van der Waals surface area contributed by atoms with E-state index in [0.29, 0.717) is 25.3 Å². The fourth-order valence-corrected chi connectivity index (χ4v) is 8.75. The Labute approximate surface area is 406 Å². The number of nitrogens with zero attached hydrogens (tertiary/aromatic N) is 3. The van der Waals surface area contributed by atoms with Crippen molar-refractivity contribution in [3.63, 3.8) is 0 Å². The molecule has 0 aliphatic carbocycles. The smallest absolute Gasteiger partial charge is 0.245 e. The summed E-state index contributed by atoms with van der Waals surface area (Å²) in [7, 11) is 1.42. The number of aryl methyl sites for hydroxylation is 2. The number of likely N-dealkylation sites (tertiary alicyclic amines) is 1. The van der Waals surface area contributed by atoms with Gasteiger partial charge in [0, 0.05) is 20.0 Å². The second kappa shape index (κ2) is 27.5. The molecule has 0 spiro atoms. The highest BCUT2D eigenvalue weighted by atomic mass is 16.3. The van der Waals surface area contributed by atoms with Crippen LogP contribution in [0.2, 0.25) is 0 Å². The fraction of sp³-hybridized carbons (Fsp3) is 0.510. The van der Waals surface area contributed by atoms with Crippen LogP contribution in [-0.4, -0.2) is 126 Å². The molecule has 3 aromatic carbocycles. The van der Waals surface area contributed by atoms with Crippen molar-refractivity contribution in [2.75, 3.05) is 39.8 Å². The molecule has 18 nitrogen and oxygen atoms in total. The third-order valence-electron chi connectivity index (χ3n) is 12.6. The topological polar surface area (TPSA) is 294 Å². The second-order valence-corrected chi connectivity index (χ2v) is 18.7. The molecule has 4 rings (SSSR count). The van der Waals surface area contributed by atoms with Crippen LogP contribution in [0.5, 0.6) is 5.75 Å².